The van der Waals surface area contributed by atoms with E-state index in [0.717, 1.165) is 38.5 Å². The molecule has 0 aliphatic carbocycles. The number of benzene rings is 2. The summed E-state index contributed by atoms with van der Waals surface area (Å²) in [7, 11) is 0. The first-order valence-electron chi connectivity index (χ1n) is 10.7. The molecule has 32 heavy (non-hydrogen) atoms. The monoisotopic (exact) mass is 480 g/mol. The summed E-state index contributed by atoms with van der Waals surface area (Å²) in [4.78, 5) is 0. The van der Waals surface area contributed by atoms with Gasteiger partial charge in [0.2, 0.25) is 0 Å². The van der Waals surface area contributed by atoms with Crippen molar-refractivity contribution in [1.29, 1.82) is 0 Å². The SMILES string of the molecule is Cc1cc(Cl)cc(/C(CCCCCCCC/C(=N/O)c2cc(Cl)cc(C)c2O)=N\O)c1O. The van der Waals surface area contributed by atoms with Gasteiger partial charge in [-0.05, 0) is 74.9 Å². The molecule has 0 bridgehead atoms. The molecular formula is C24H30Cl2N2O4. The van der Waals surface area contributed by atoms with Crippen LogP contribution in [0.1, 0.15) is 73.6 Å². The van der Waals surface area contributed by atoms with Crippen LogP contribution in [-0.4, -0.2) is 32.1 Å². The molecule has 0 aliphatic heterocycles. The Bertz CT molecular complexity index is 911. The number of phenols is 2. The number of hydrogen-bond donors (Lipinski definition) is 4. The van der Waals surface area contributed by atoms with Gasteiger partial charge in [-0.2, -0.15) is 0 Å². The molecule has 6 nitrogen and oxygen atoms in total. The van der Waals surface area contributed by atoms with E-state index in [4.69, 9.17) is 23.2 Å². The second-order valence-electron chi connectivity index (χ2n) is 7.95. The lowest BCUT2D eigenvalue weighted by Crippen LogP contribution is -2.03. The van der Waals surface area contributed by atoms with Gasteiger partial charge >= 0.3 is 0 Å². The summed E-state index contributed by atoms with van der Waals surface area (Å²) in [6.07, 6.45) is 6.64. The molecule has 0 saturated heterocycles. The van der Waals surface area contributed by atoms with Crippen molar-refractivity contribution in [2.45, 2.75) is 65.2 Å². The van der Waals surface area contributed by atoms with Crippen LogP contribution < -0.4 is 0 Å². The van der Waals surface area contributed by atoms with Gasteiger partial charge in [0.25, 0.3) is 0 Å². The van der Waals surface area contributed by atoms with Gasteiger partial charge in [0.15, 0.2) is 0 Å². The van der Waals surface area contributed by atoms with Gasteiger partial charge in [-0.15, -0.1) is 0 Å². The van der Waals surface area contributed by atoms with Crippen molar-refractivity contribution in [2.24, 2.45) is 10.3 Å². The Labute approximate surface area is 198 Å². The lowest BCUT2D eigenvalue weighted by molar-refractivity contribution is 0.317. The summed E-state index contributed by atoms with van der Waals surface area (Å²) in [5.74, 6) is 0.175. The smallest absolute Gasteiger partial charge is 0.127 e. The Kier molecular flexibility index (Phi) is 10.1. The van der Waals surface area contributed by atoms with Crippen LogP contribution in [0.5, 0.6) is 11.5 Å². The van der Waals surface area contributed by atoms with Crippen molar-refractivity contribution in [1.82, 2.24) is 0 Å². The first-order chi connectivity index (χ1) is 15.3. The molecule has 0 heterocycles. The Morgan fingerprint density at radius 3 is 1.34 bits per heavy atom. The largest absolute Gasteiger partial charge is 0.507 e. The van der Waals surface area contributed by atoms with Crippen LogP contribution in [0.3, 0.4) is 0 Å². The fourth-order valence-corrected chi connectivity index (χ4v) is 4.23. The third kappa shape index (κ3) is 7.04. The topological polar surface area (TPSA) is 106 Å². The van der Waals surface area contributed by atoms with E-state index in [0.29, 0.717) is 56.6 Å². The molecule has 0 fully saturated rings. The number of phenolic OH excluding ortho intramolecular Hbond substituents is 2. The van der Waals surface area contributed by atoms with Gasteiger partial charge in [0.05, 0.1) is 11.4 Å². The maximum atomic E-state index is 10.2. The number of rotatable bonds is 11. The van der Waals surface area contributed by atoms with Crippen molar-refractivity contribution in [3.8, 4) is 11.5 Å². The molecule has 0 radical (unpaired) electrons. The van der Waals surface area contributed by atoms with E-state index in [2.05, 4.69) is 10.3 Å². The molecule has 0 atom stereocenters. The lowest BCUT2D eigenvalue weighted by atomic mass is 9.98. The van der Waals surface area contributed by atoms with Crippen LogP contribution in [0.4, 0.5) is 0 Å². The minimum absolute atomic E-state index is 0.0875. The lowest BCUT2D eigenvalue weighted by Gasteiger charge is -2.10. The zero-order valence-corrected chi connectivity index (χ0v) is 19.9. The molecule has 0 amide bonds. The summed E-state index contributed by atoms with van der Waals surface area (Å²) in [5.41, 5.74) is 3.06. The van der Waals surface area contributed by atoms with Crippen molar-refractivity contribution >= 4 is 34.6 Å². The van der Waals surface area contributed by atoms with Crippen molar-refractivity contribution < 1.29 is 20.6 Å². The molecule has 0 aliphatic rings. The van der Waals surface area contributed by atoms with Crippen LogP contribution in [0.25, 0.3) is 0 Å². The number of unbranched alkanes of at least 4 members (excludes halogenated alkanes) is 5. The molecule has 2 aromatic carbocycles. The molecular weight excluding hydrogens is 451 g/mol. The molecule has 0 spiro atoms. The standard InChI is InChI=1S/C24H30Cl2N2O4/c1-15-11-17(25)13-19(23(15)29)21(27-31)9-7-5-3-4-6-8-10-22(28-32)20-14-18(26)12-16(2)24(20)30/h11-14,29-32H,3-10H2,1-2H3/b27-21-,28-22-. The Hall–Kier alpha value is -2.44. The first-order valence-corrected chi connectivity index (χ1v) is 11.4. The Morgan fingerprint density at radius 1 is 0.656 bits per heavy atom. The maximum Gasteiger partial charge on any atom is 0.127 e. The number of hydrogen-bond acceptors (Lipinski definition) is 6. The molecule has 8 heteroatoms. The highest BCUT2D eigenvalue weighted by Gasteiger charge is 2.14. The number of nitrogens with zero attached hydrogens (tertiary/aromatic N) is 2. The predicted octanol–water partition coefficient (Wildman–Crippen LogP) is 7.20. The van der Waals surface area contributed by atoms with Gasteiger partial charge in [0.1, 0.15) is 11.5 Å². The average molecular weight is 481 g/mol. The molecule has 0 unspecified atom stereocenters. The van der Waals surface area contributed by atoms with E-state index in [1.165, 1.54) is 0 Å². The van der Waals surface area contributed by atoms with E-state index in [1.54, 1.807) is 38.1 Å². The highest BCUT2D eigenvalue weighted by molar-refractivity contribution is 6.31. The highest BCUT2D eigenvalue weighted by Crippen LogP contribution is 2.29. The number of aryl methyl sites for hydroxylation is 2. The molecule has 4 N–H and O–H groups in total. The van der Waals surface area contributed by atoms with Gasteiger partial charge in [-0.3, -0.25) is 0 Å². The fourth-order valence-electron chi connectivity index (χ4n) is 3.68. The highest BCUT2D eigenvalue weighted by atomic mass is 35.5. The normalized spacial score (nSPS) is 12.4. The molecule has 2 rings (SSSR count). The van der Waals surface area contributed by atoms with Crippen LogP contribution >= 0.6 is 23.2 Å². The van der Waals surface area contributed by atoms with Crippen LogP contribution in [0.2, 0.25) is 10.0 Å². The van der Waals surface area contributed by atoms with E-state index >= 15 is 0 Å². The average Bonchev–Trinajstić information content (AvgIpc) is 2.75. The molecule has 0 saturated carbocycles. The van der Waals surface area contributed by atoms with Gasteiger partial charge < -0.3 is 20.6 Å². The summed E-state index contributed by atoms with van der Waals surface area (Å²) in [6, 6.07) is 6.55. The zero-order valence-electron chi connectivity index (χ0n) is 18.4. The van der Waals surface area contributed by atoms with Gasteiger partial charge in [0, 0.05) is 21.2 Å². The van der Waals surface area contributed by atoms with Crippen LogP contribution in [0, 0.1) is 13.8 Å². The van der Waals surface area contributed by atoms with Crippen molar-refractivity contribution in [3.05, 3.63) is 56.6 Å². The summed E-state index contributed by atoms with van der Waals surface area (Å²) in [5, 5.41) is 46.8. The minimum Gasteiger partial charge on any atom is -0.507 e. The quantitative estimate of drug-likeness (QED) is 0.118. The second kappa shape index (κ2) is 12.6. The van der Waals surface area contributed by atoms with Crippen LogP contribution in [-0.2, 0) is 0 Å². The zero-order chi connectivity index (χ0) is 23.7. The predicted molar refractivity (Wildman–Crippen MR) is 129 cm³/mol. The van der Waals surface area contributed by atoms with Crippen LogP contribution in [0.15, 0.2) is 34.6 Å². The third-order valence-electron chi connectivity index (χ3n) is 5.47. The third-order valence-corrected chi connectivity index (χ3v) is 5.91. The molecule has 174 valence electrons. The Morgan fingerprint density at radius 2 is 1.00 bits per heavy atom. The first kappa shape index (κ1) is 25.8. The number of oxime groups is 2. The van der Waals surface area contributed by atoms with Gasteiger partial charge in [-0.25, -0.2) is 0 Å². The van der Waals surface area contributed by atoms with Gasteiger partial charge in [-0.1, -0.05) is 59.2 Å². The van der Waals surface area contributed by atoms with E-state index in [9.17, 15) is 20.6 Å². The second-order valence-corrected chi connectivity index (χ2v) is 8.83. The molecule has 0 aromatic heterocycles. The number of aromatic hydroxyl groups is 2. The summed E-state index contributed by atoms with van der Waals surface area (Å²) >= 11 is 12.1. The number of halogens is 2. The Balaban J connectivity index is 1.74. The van der Waals surface area contributed by atoms with E-state index in [1.807, 2.05) is 0 Å². The van der Waals surface area contributed by atoms with E-state index in [-0.39, 0.29) is 11.5 Å². The van der Waals surface area contributed by atoms with Crippen molar-refractivity contribution in [3.63, 3.8) is 0 Å². The van der Waals surface area contributed by atoms with E-state index < -0.39 is 0 Å². The maximum absolute atomic E-state index is 10.2. The minimum atomic E-state index is 0.0875. The summed E-state index contributed by atoms with van der Waals surface area (Å²) < 4.78 is 0. The molecule has 2 aromatic rings. The summed E-state index contributed by atoms with van der Waals surface area (Å²) in [6.45, 7) is 3.50. The van der Waals surface area contributed by atoms with Crippen molar-refractivity contribution in [2.75, 3.05) is 0 Å². The fraction of sp³-hybridized carbons (Fsp3) is 0.417.